The lowest BCUT2D eigenvalue weighted by atomic mass is 9.98. The molecule has 110 valence electrons. The van der Waals surface area contributed by atoms with E-state index in [2.05, 4.69) is 0 Å². The summed E-state index contributed by atoms with van der Waals surface area (Å²) in [6, 6.07) is 17.6. The van der Waals surface area contributed by atoms with Crippen LogP contribution >= 0.6 is 0 Å². The van der Waals surface area contributed by atoms with Crippen LogP contribution in [0.3, 0.4) is 0 Å². The molecule has 1 unspecified atom stereocenters. The Kier molecular flexibility index (Phi) is 5.38. The number of carboxylic acids is 1. The Morgan fingerprint density at radius 1 is 1.05 bits per heavy atom. The second-order valence-electron chi connectivity index (χ2n) is 5.30. The van der Waals surface area contributed by atoms with E-state index in [-0.39, 0.29) is 12.3 Å². The van der Waals surface area contributed by atoms with Crippen LogP contribution in [0.4, 0.5) is 0 Å². The van der Waals surface area contributed by atoms with Gasteiger partial charge in [-0.2, -0.15) is 0 Å². The van der Waals surface area contributed by atoms with Gasteiger partial charge in [-0.3, -0.25) is 4.79 Å². The highest BCUT2D eigenvalue weighted by Gasteiger charge is 2.07. The molecule has 0 amide bonds. The zero-order valence-electron chi connectivity index (χ0n) is 12.2. The van der Waals surface area contributed by atoms with Gasteiger partial charge in [0.05, 0.1) is 0 Å². The maximum Gasteiger partial charge on any atom is 0.303 e. The molecule has 0 aliphatic heterocycles. The highest BCUT2D eigenvalue weighted by Crippen LogP contribution is 2.22. The van der Waals surface area contributed by atoms with Crippen LogP contribution in [-0.4, -0.2) is 11.1 Å². The van der Waals surface area contributed by atoms with Gasteiger partial charge in [-0.15, -0.1) is 0 Å². The molecule has 0 radical (unpaired) electrons. The highest BCUT2D eigenvalue weighted by atomic mass is 16.5. The minimum absolute atomic E-state index is 0.197. The van der Waals surface area contributed by atoms with Gasteiger partial charge in [0, 0.05) is 6.42 Å². The third-order valence-electron chi connectivity index (χ3n) is 3.35. The maximum absolute atomic E-state index is 10.6. The molecule has 1 atom stereocenters. The third-order valence-corrected chi connectivity index (χ3v) is 3.35. The van der Waals surface area contributed by atoms with E-state index in [4.69, 9.17) is 9.84 Å². The first-order valence-corrected chi connectivity index (χ1v) is 7.17. The first kappa shape index (κ1) is 15.1. The number of benzene rings is 2. The van der Waals surface area contributed by atoms with E-state index in [9.17, 15) is 4.79 Å². The van der Waals surface area contributed by atoms with E-state index >= 15 is 0 Å². The van der Waals surface area contributed by atoms with Crippen molar-refractivity contribution in [1.29, 1.82) is 0 Å². The SMILES string of the molecule is CC(CCc1ccc(Oc2ccccc2)cc1)CC(=O)O. The van der Waals surface area contributed by atoms with Crippen molar-refractivity contribution in [3.05, 3.63) is 60.2 Å². The average molecular weight is 284 g/mol. The van der Waals surface area contributed by atoms with Crippen LogP contribution in [0.25, 0.3) is 0 Å². The molecule has 0 aromatic heterocycles. The molecule has 0 heterocycles. The maximum atomic E-state index is 10.6. The summed E-state index contributed by atoms with van der Waals surface area (Å²) in [4.78, 5) is 10.6. The molecule has 0 saturated carbocycles. The molecule has 0 fully saturated rings. The predicted octanol–water partition coefficient (Wildman–Crippen LogP) is 4.52. The molecule has 1 N–H and O–H groups in total. The Hall–Kier alpha value is -2.29. The summed E-state index contributed by atoms with van der Waals surface area (Å²) in [7, 11) is 0. The van der Waals surface area contributed by atoms with E-state index in [1.807, 2.05) is 61.5 Å². The van der Waals surface area contributed by atoms with Gasteiger partial charge >= 0.3 is 5.97 Å². The van der Waals surface area contributed by atoms with E-state index in [1.165, 1.54) is 5.56 Å². The molecular formula is C18H20O3. The topological polar surface area (TPSA) is 46.5 Å². The van der Waals surface area contributed by atoms with E-state index in [1.54, 1.807) is 0 Å². The smallest absolute Gasteiger partial charge is 0.303 e. The molecule has 21 heavy (non-hydrogen) atoms. The molecule has 3 nitrogen and oxygen atoms in total. The Morgan fingerprint density at radius 2 is 1.67 bits per heavy atom. The van der Waals surface area contributed by atoms with Crippen molar-refractivity contribution in [3.8, 4) is 11.5 Å². The number of aliphatic carboxylic acids is 1. The molecule has 2 aromatic rings. The predicted molar refractivity (Wildman–Crippen MR) is 82.7 cm³/mol. The van der Waals surface area contributed by atoms with Gasteiger partial charge in [-0.1, -0.05) is 37.3 Å². The average Bonchev–Trinajstić information content (AvgIpc) is 2.47. The number of para-hydroxylation sites is 1. The van der Waals surface area contributed by atoms with Crippen LogP contribution in [0.2, 0.25) is 0 Å². The van der Waals surface area contributed by atoms with Gasteiger partial charge in [0.1, 0.15) is 11.5 Å². The number of rotatable bonds is 7. The van der Waals surface area contributed by atoms with Crippen LogP contribution in [0, 0.1) is 5.92 Å². The molecule has 0 aliphatic carbocycles. The van der Waals surface area contributed by atoms with Crippen LogP contribution in [0.5, 0.6) is 11.5 Å². The van der Waals surface area contributed by atoms with Crippen LogP contribution in [-0.2, 0) is 11.2 Å². The van der Waals surface area contributed by atoms with E-state index < -0.39 is 5.97 Å². The van der Waals surface area contributed by atoms with Gasteiger partial charge in [0.25, 0.3) is 0 Å². The number of hydrogen-bond acceptors (Lipinski definition) is 2. The normalized spacial score (nSPS) is 11.9. The van der Waals surface area contributed by atoms with E-state index in [0.717, 1.165) is 24.3 Å². The van der Waals surface area contributed by atoms with Crippen molar-refractivity contribution in [2.24, 2.45) is 5.92 Å². The second kappa shape index (κ2) is 7.48. The third kappa shape index (κ3) is 5.30. The van der Waals surface area contributed by atoms with Crippen molar-refractivity contribution in [2.75, 3.05) is 0 Å². The lowest BCUT2D eigenvalue weighted by Crippen LogP contribution is -2.05. The largest absolute Gasteiger partial charge is 0.481 e. The van der Waals surface area contributed by atoms with Gasteiger partial charge in [0.2, 0.25) is 0 Å². The first-order chi connectivity index (χ1) is 10.1. The van der Waals surface area contributed by atoms with Gasteiger partial charge in [-0.25, -0.2) is 0 Å². The summed E-state index contributed by atoms with van der Waals surface area (Å²) in [6.45, 7) is 1.97. The minimum Gasteiger partial charge on any atom is -0.481 e. The Labute approximate surface area is 125 Å². The standard InChI is InChI=1S/C18H20O3/c1-14(13-18(19)20)7-8-15-9-11-17(12-10-15)21-16-5-3-2-4-6-16/h2-6,9-12,14H,7-8,13H2,1H3,(H,19,20). The fraction of sp³-hybridized carbons (Fsp3) is 0.278. The zero-order valence-corrected chi connectivity index (χ0v) is 12.2. The van der Waals surface area contributed by atoms with Gasteiger partial charge in [0.15, 0.2) is 0 Å². The van der Waals surface area contributed by atoms with Crippen molar-refractivity contribution in [3.63, 3.8) is 0 Å². The first-order valence-electron chi connectivity index (χ1n) is 7.17. The summed E-state index contributed by atoms with van der Waals surface area (Å²) in [6.07, 6.45) is 2.00. The zero-order chi connectivity index (χ0) is 15.1. The molecule has 0 aliphatic rings. The molecule has 0 bridgehead atoms. The minimum atomic E-state index is -0.728. The fourth-order valence-corrected chi connectivity index (χ4v) is 2.16. The Bertz CT molecular complexity index is 561. The van der Waals surface area contributed by atoms with Crippen molar-refractivity contribution >= 4 is 5.97 Å². The van der Waals surface area contributed by atoms with Crippen molar-refractivity contribution in [2.45, 2.75) is 26.2 Å². The fourth-order valence-electron chi connectivity index (χ4n) is 2.16. The summed E-state index contributed by atoms with van der Waals surface area (Å²) >= 11 is 0. The number of carbonyl (C=O) groups is 1. The lowest BCUT2D eigenvalue weighted by Gasteiger charge is -2.09. The Morgan fingerprint density at radius 3 is 2.29 bits per heavy atom. The highest BCUT2D eigenvalue weighted by molar-refractivity contribution is 5.66. The summed E-state index contributed by atoms with van der Waals surface area (Å²) in [5, 5.41) is 8.74. The van der Waals surface area contributed by atoms with Crippen molar-refractivity contribution in [1.82, 2.24) is 0 Å². The lowest BCUT2D eigenvalue weighted by molar-refractivity contribution is -0.138. The molecule has 0 saturated heterocycles. The molecule has 3 heteroatoms. The Balaban J connectivity index is 1.86. The molecule has 2 aromatic carbocycles. The quantitative estimate of drug-likeness (QED) is 0.813. The monoisotopic (exact) mass is 284 g/mol. The van der Waals surface area contributed by atoms with Crippen LogP contribution in [0.1, 0.15) is 25.3 Å². The molecular weight excluding hydrogens is 264 g/mol. The number of hydrogen-bond donors (Lipinski definition) is 1. The summed E-state index contributed by atoms with van der Waals surface area (Å²) in [5.41, 5.74) is 1.20. The van der Waals surface area contributed by atoms with Gasteiger partial charge in [-0.05, 0) is 48.6 Å². The molecule has 0 spiro atoms. The van der Waals surface area contributed by atoms with Crippen LogP contribution in [0.15, 0.2) is 54.6 Å². The number of ether oxygens (including phenoxy) is 1. The summed E-state index contributed by atoms with van der Waals surface area (Å²) in [5.74, 6) is 1.10. The van der Waals surface area contributed by atoms with Gasteiger partial charge < -0.3 is 9.84 Å². The number of aryl methyl sites for hydroxylation is 1. The van der Waals surface area contributed by atoms with Crippen molar-refractivity contribution < 1.29 is 14.6 Å². The summed E-state index contributed by atoms with van der Waals surface area (Å²) < 4.78 is 5.73. The van der Waals surface area contributed by atoms with Crippen LogP contribution < -0.4 is 4.74 Å². The molecule has 2 rings (SSSR count). The second-order valence-corrected chi connectivity index (χ2v) is 5.30. The number of carboxylic acid groups (broad SMARTS) is 1. The van der Waals surface area contributed by atoms with E-state index in [0.29, 0.717) is 0 Å².